The third-order valence-corrected chi connectivity index (χ3v) is 12.6. The van der Waals surface area contributed by atoms with E-state index in [4.69, 9.17) is 14.2 Å². The number of amides is 1. The maximum atomic E-state index is 13.6. The highest BCUT2D eigenvalue weighted by Gasteiger charge is 2.80. The largest absolute Gasteiger partial charge is 0.507 e. The molecule has 8 heteroatoms. The summed E-state index contributed by atoms with van der Waals surface area (Å²) < 4.78 is 17.0. The molecule has 46 heavy (non-hydrogen) atoms. The van der Waals surface area contributed by atoms with Crippen molar-refractivity contribution in [2.24, 2.45) is 11.3 Å². The second kappa shape index (κ2) is 9.27. The Morgan fingerprint density at radius 2 is 1.78 bits per heavy atom. The molecule has 10 rings (SSSR count). The summed E-state index contributed by atoms with van der Waals surface area (Å²) in [4.78, 5) is 16.1. The fourth-order valence-corrected chi connectivity index (χ4v) is 10.5. The summed E-state index contributed by atoms with van der Waals surface area (Å²) in [7, 11) is 0. The van der Waals surface area contributed by atoms with Gasteiger partial charge in [-0.2, -0.15) is 0 Å². The van der Waals surface area contributed by atoms with E-state index < -0.39 is 11.0 Å². The SMILES string of the molecule is O=C(NCCc1ccc(-c2ccc3c(c2)OCO3)cc1)c1ccc2c(c1O)C13CC4(CCC1(O)C1N(CC5CC5)CC1(C2)C3)CO4. The number of phenolic OH excluding ortho intramolecular Hbond substituents is 1. The van der Waals surface area contributed by atoms with Gasteiger partial charge in [0.2, 0.25) is 6.79 Å². The number of rotatable bonds is 7. The fraction of sp³-hybridized carbons (Fsp3) is 0.500. The van der Waals surface area contributed by atoms with Crippen LogP contribution in [0.2, 0.25) is 0 Å². The lowest BCUT2D eigenvalue weighted by Gasteiger charge is -2.58. The van der Waals surface area contributed by atoms with Gasteiger partial charge < -0.3 is 29.7 Å². The first-order valence-corrected chi connectivity index (χ1v) is 17.0. The van der Waals surface area contributed by atoms with Gasteiger partial charge in [0.15, 0.2) is 11.5 Å². The Balaban J connectivity index is 0.888. The molecular weight excluding hydrogens is 580 g/mol. The van der Waals surface area contributed by atoms with Crippen LogP contribution in [-0.2, 0) is 23.0 Å². The van der Waals surface area contributed by atoms with E-state index in [0.717, 1.165) is 90.6 Å². The Morgan fingerprint density at radius 3 is 2.59 bits per heavy atom. The molecule has 3 spiro atoms. The quantitative estimate of drug-likeness (QED) is 0.329. The van der Waals surface area contributed by atoms with Crippen LogP contribution < -0.4 is 14.8 Å². The predicted octanol–water partition coefficient (Wildman–Crippen LogP) is 4.72. The number of hydrogen-bond donors (Lipinski definition) is 3. The molecule has 3 heterocycles. The molecule has 3 saturated carbocycles. The molecule has 8 nitrogen and oxygen atoms in total. The van der Waals surface area contributed by atoms with Crippen molar-refractivity contribution in [1.29, 1.82) is 0 Å². The highest BCUT2D eigenvalue weighted by atomic mass is 16.7. The third-order valence-electron chi connectivity index (χ3n) is 12.6. The monoisotopic (exact) mass is 620 g/mol. The molecule has 3 aromatic carbocycles. The van der Waals surface area contributed by atoms with Crippen molar-refractivity contribution in [3.05, 3.63) is 76.9 Å². The number of likely N-dealkylation sites (tertiary alicyclic amines) is 1. The molecule has 3 N–H and O–H groups in total. The lowest BCUT2D eigenvalue weighted by Crippen LogP contribution is -2.71. The lowest BCUT2D eigenvalue weighted by atomic mass is 9.55. The number of hydrogen-bond acceptors (Lipinski definition) is 7. The van der Waals surface area contributed by atoms with E-state index in [-0.39, 0.29) is 35.5 Å². The number of benzene rings is 3. The lowest BCUT2D eigenvalue weighted by molar-refractivity contribution is -0.161. The number of nitrogens with one attached hydrogen (secondary N) is 1. The molecule has 2 bridgehead atoms. The van der Waals surface area contributed by atoms with Gasteiger partial charge in [0.25, 0.3) is 5.91 Å². The molecule has 3 aliphatic heterocycles. The molecule has 7 aliphatic rings. The molecule has 238 valence electrons. The number of ether oxygens (including phenoxy) is 3. The van der Waals surface area contributed by atoms with Gasteiger partial charge in [0, 0.05) is 42.1 Å². The molecule has 5 unspecified atom stereocenters. The summed E-state index contributed by atoms with van der Waals surface area (Å²) in [6.07, 6.45) is 7.24. The molecular formula is C38H40N2O6. The van der Waals surface area contributed by atoms with E-state index in [1.54, 1.807) is 6.07 Å². The molecule has 5 atom stereocenters. The summed E-state index contributed by atoms with van der Waals surface area (Å²) in [5.41, 5.74) is 3.80. The van der Waals surface area contributed by atoms with Crippen LogP contribution in [0.5, 0.6) is 17.2 Å². The Labute approximate surface area is 268 Å². The minimum atomic E-state index is -0.929. The molecule has 4 aliphatic carbocycles. The summed E-state index contributed by atoms with van der Waals surface area (Å²) in [5, 5.41) is 27.8. The zero-order valence-electron chi connectivity index (χ0n) is 26.0. The van der Waals surface area contributed by atoms with Crippen molar-refractivity contribution in [3.63, 3.8) is 0 Å². The first-order valence-electron chi connectivity index (χ1n) is 17.0. The van der Waals surface area contributed by atoms with Crippen molar-refractivity contribution >= 4 is 5.91 Å². The van der Waals surface area contributed by atoms with Crippen LogP contribution in [0.3, 0.4) is 0 Å². The van der Waals surface area contributed by atoms with Gasteiger partial charge in [0.1, 0.15) is 5.75 Å². The van der Waals surface area contributed by atoms with Gasteiger partial charge >= 0.3 is 0 Å². The Morgan fingerprint density at radius 1 is 0.978 bits per heavy atom. The minimum Gasteiger partial charge on any atom is -0.507 e. The number of nitrogens with zero attached hydrogens (tertiary/aromatic N) is 1. The highest BCUT2D eigenvalue weighted by molar-refractivity contribution is 5.97. The van der Waals surface area contributed by atoms with Crippen LogP contribution in [0.25, 0.3) is 11.1 Å². The second-order valence-corrected chi connectivity index (χ2v) is 15.4. The van der Waals surface area contributed by atoms with Crippen LogP contribution in [0.4, 0.5) is 0 Å². The third kappa shape index (κ3) is 3.81. The van der Waals surface area contributed by atoms with Gasteiger partial charge in [-0.25, -0.2) is 0 Å². The summed E-state index contributed by atoms with van der Waals surface area (Å²) in [6.45, 7) is 3.52. The molecule has 0 aromatic heterocycles. The molecule has 5 fully saturated rings. The van der Waals surface area contributed by atoms with Crippen LogP contribution in [0, 0.1) is 11.3 Å². The topological polar surface area (TPSA) is 104 Å². The maximum Gasteiger partial charge on any atom is 0.255 e. The van der Waals surface area contributed by atoms with Gasteiger partial charge in [-0.1, -0.05) is 36.4 Å². The highest BCUT2D eigenvalue weighted by Crippen LogP contribution is 2.74. The number of aromatic hydroxyl groups is 1. The standard InChI is InChI=1S/C38H40N2O6/c41-32-28(33(42)39-14-11-23-3-5-25(6-4-23)26-8-10-29-30(15-26)45-22-44-29)9-7-27-16-35-18-37(31(27)32)19-36(21-46-36)12-13-38(37,43)34(35)40(20-35)17-24-1-2-24/h3-10,15,24,34,41,43H,1-2,11-14,16-22H2,(H,39,42). The smallest absolute Gasteiger partial charge is 0.255 e. The van der Waals surface area contributed by atoms with Gasteiger partial charge in [0.05, 0.1) is 23.4 Å². The van der Waals surface area contributed by atoms with E-state index in [1.807, 2.05) is 18.2 Å². The zero-order valence-corrected chi connectivity index (χ0v) is 26.0. The van der Waals surface area contributed by atoms with E-state index >= 15 is 0 Å². The predicted molar refractivity (Wildman–Crippen MR) is 170 cm³/mol. The second-order valence-electron chi connectivity index (χ2n) is 15.4. The zero-order chi connectivity index (χ0) is 30.9. The minimum absolute atomic E-state index is 0.0333. The van der Waals surface area contributed by atoms with E-state index in [2.05, 4.69) is 40.5 Å². The van der Waals surface area contributed by atoms with Gasteiger partial charge in [-0.05, 0) is 97.7 Å². The number of aliphatic hydroxyl groups is 1. The first kappa shape index (κ1) is 27.5. The van der Waals surface area contributed by atoms with Crippen LogP contribution >= 0.6 is 0 Å². The average Bonchev–Trinajstić information content (AvgIpc) is 3.95. The molecule has 3 aromatic rings. The Kier molecular flexibility index (Phi) is 5.54. The average molecular weight is 621 g/mol. The Hall–Kier alpha value is -3.59. The van der Waals surface area contributed by atoms with Crippen molar-refractivity contribution in [1.82, 2.24) is 10.2 Å². The molecule has 0 radical (unpaired) electrons. The van der Waals surface area contributed by atoms with E-state index in [0.29, 0.717) is 24.9 Å². The number of carbonyl (C=O) groups excluding carboxylic acids is 1. The number of epoxide rings is 1. The summed E-state index contributed by atoms with van der Waals surface area (Å²) in [6, 6.07) is 18.2. The van der Waals surface area contributed by atoms with Crippen molar-refractivity contribution < 1.29 is 29.2 Å². The normalized spacial score (nSPS) is 34.4. The van der Waals surface area contributed by atoms with Crippen LogP contribution in [-0.4, -0.2) is 71.3 Å². The summed E-state index contributed by atoms with van der Waals surface area (Å²) >= 11 is 0. The van der Waals surface area contributed by atoms with Crippen LogP contribution in [0.1, 0.15) is 65.6 Å². The van der Waals surface area contributed by atoms with Crippen LogP contribution in [0.15, 0.2) is 54.6 Å². The summed E-state index contributed by atoms with van der Waals surface area (Å²) in [5.74, 6) is 2.08. The number of carbonyl (C=O) groups is 1. The van der Waals surface area contributed by atoms with Crippen molar-refractivity contribution in [2.45, 2.75) is 74.0 Å². The van der Waals surface area contributed by atoms with Crippen molar-refractivity contribution in [3.8, 4) is 28.4 Å². The molecule has 2 saturated heterocycles. The first-order chi connectivity index (χ1) is 22.3. The number of phenols is 1. The van der Waals surface area contributed by atoms with E-state index in [9.17, 15) is 15.0 Å². The maximum absolute atomic E-state index is 13.6. The van der Waals surface area contributed by atoms with Gasteiger partial charge in [-0.3, -0.25) is 9.69 Å². The van der Waals surface area contributed by atoms with Crippen molar-refractivity contribution in [2.75, 3.05) is 33.0 Å². The Bertz CT molecular complexity index is 1780. The fourth-order valence-electron chi connectivity index (χ4n) is 10.5. The molecule has 1 amide bonds. The van der Waals surface area contributed by atoms with E-state index in [1.165, 1.54) is 12.8 Å². The number of fused-ring (bicyclic) bond motifs is 3. The van der Waals surface area contributed by atoms with Gasteiger partial charge in [-0.15, -0.1) is 0 Å².